The summed E-state index contributed by atoms with van der Waals surface area (Å²) in [7, 11) is -3.63. The third kappa shape index (κ3) is 4.57. The third-order valence-corrected chi connectivity index (χ3v) is 5.87. The van der Waals surface area contributed by atoms with Crippen LogP contribution >= 0.6 is 23.2 Å². The number of nitrogens with zero attached hydrogens (tertiary/aromatic N) is 1. The smallest absolute Gasteiger partial charge is 0.242 e. The molecule has 21 heavy (non-hydrogen) atoms. The van der Waals surface area contributed by atoms with Crippen LogP contribution in [0.2, 0.25) is 10.0 Å². The first-order valence-electron chi connectivity index (χ1n) is 7.12. The summed E-state index contributed by atoms with van der Waals surface area (Å²) < 4.78 is 27.6. The van der Waals surface area contributed by atoms with E-state index >= 15 is 0 Å². The molecule has 1 aromatic carbocycles. The lowest BCUT2D eigenvalue weighted by atomic mass is 10.1. The van der Waals surface area contributed by atoms with E-state index in [4.69, 9.17) is 23.2 Å². The lowest BCUT2D eigenvalue weighted by molar-refractivity contribution is 0.208. The Morgan fingerprint density at radius 3 is 2.57 bits per heavy atom. The second-order valence-electron chi connectivity index (χ2n) is 5.31. The van der Waals surface area contributed by atoms with E-state index in [9.17, 15) is 8.42 Å². The van der Waals surface area contributed by atoms with E-state index in [0.717, 1.165) is 38.9 Å². The molecular formula is C14H20Cl2N2O2S. The summed E-state index contributed by atoms with van der Waals surface area (Å²) in [6.07, 6.45) is 2.75. The number of nitrogens with one attached hydrogen (secondary N) is 1. The van der Waals surface area contributed by atoms with Gasteiger partial charge in [0.1, 0.15) is 4.90 Å². The van der Waals surface area contributed by atoms with Crippen molar-refractivity contribution in [2.75, 3.05) is 19.6 Å². The molecule has 0 aromatic heterocycles. The highest BCUT2D eigenvalue weighted by Gasteiger charge is 2.25. The molecule has 1 saturated heterocycles. The van der Waals surface area contributed by atoms with Gasteiger partial charge in [-0.05, 0) is 57.1 Å². The van der Waals surface area contributed by atoms with Crippen molar-refractivity contribution in [3.05, 3.63) is 28.2 Å². The Labute approximate surface area is 136 Å². The number of halogens is 2. The van der Waals surface area contributed by atoms with Gasteiger partial charge in [0.25, 0.3) is 0 Å². The maximum absolute atomic E-state index is 12.4. The van der Waals surface area contributed by atoms with Gasteiger partial charge in [-0.15, -0.1) is 0 Å². The molecule has 0 spiro atoms. The number of sulfonamides is 1. The standard InChI is InChI=1S/C14H20Cl2N2O2S/c1-2-7-18-8-5-12(6-9-18)17-21(19,20)14-10-11(15)3-4-13(14)16/h3-4,10,12,17H,2,5-9H2,1H3. The molecule has 0 atom stereocenters. The Morgan fingerprint density at radius 2 is 1.95 bits per heavy atom. The van der Waals surface area contributed by atoms with Gasteiger partial charge in [0.15, 0.2) is 0 Å². The summed E-state index contributed by atoms with van der Waals surface area (Å²) in [6.45, 7) is 5.06. The highest BCUT2D eigenvalue weighted by atomic mass is 35.5. The van der Waals surface area contributed by atoms with Gasteiger partial charge in [0, 0.05) is 11.1 Å². The molecule has 0 aliphatic carbocycles. The zero-order valence-corrected chi connectivity index (χ0v) is 14.3. The summed E-state index contributed by atoms with van der Waals surface area (Å²) in [5.41, 5.74) is 0. The van der Waals surface area contributed by atoms with Crippen LogP contribution in [0.3, 0.4) is 0 Å². The van der Waals surface area contributed by atoms with Crippen molar-refractivity contribution in [2.24, 2.45) is 0 Å². The molecule has 1 fully saturated rings. The summed E-state index contributed by atoms with van der Waals surface area (Å²) >= 11 is 11.8. The molecule has 1 aliphatic heterocycles. The van der Waals surface area contributed by atoms with Gasteiger partial charge >= 0.3 is 0 Å². The van der Waals surface area contributed by atoms with E-state index in [2.05, 4.69) is 16.5 Å². The SMILES string of the molecule is CCCN1CCC(NS(=O)(=O)c2cc(Cl)ccc2Cl)CC1. The van der Waals surface area contributed by atoms with Crippen molar-refractivity contribution in [1.82, 2.24) is 9.62 Å². The molecule has 0 bridgehead atoms. The number of likely N-dealkylation sites (tertiary alicyclic amines) is 1. The third-order valence-electron chi connectivity index (χ3n) is 3.63. The molecule has 0 amide bonds. The molecule has 4 nitrogen and oxygen atoms in total. The van der Waals surface area contributed by atoms with Crippen LogP contribution in [0.4, 0.5) is 0 Å². The van der Waals surface area contributed by atoms with Crippen molar-refractivity contribution in [3.63, 3.8) is 0 Å². The number of hydrogen-bond acceptors (Lipinski definition) is 3. The van der Waals surface area contributed by atoms with Gasteiger partial charge < -0.3 is 4.90 Å². The van der Waals surface area contributed by atoms with Crippen LogP contribution in [0.25, 0.3) is 0 Å². The van der Waals surface area contributed by atoms with Gasteiger partial charge in [0.2, 0.25) is 10.0 Å². The van der Waals surface area contributed by atoms with Gasteiger partial charge in [-0.1, -0.05) is 30.1 Å². The molecule has 1 heterocycles. The van der Waals surface area contributed by atoms with Crippen LogP contribution in [0.5, 0.6) is 0 Å². The molecule has 0 radical (unpaired) electrons. The fourth-order valence-corrected chi connectivity index (χ4v) is 4.62. The fraction of sp³-hybridized carbons (Fsp3) is 0.571. The van der Waals surface area contributed by atoms with E-state index in [0.29, 0.717) is 5.02 Å². The number of rotatable bonds is 5. The van der Waals surface area contributed by atoms with Gasteiger partial charge in [-0.2, -0.15) is 0 Å². The average molecular weight is 351 g/mol. The molecule has 1 aliphatic rings. The van der Waals surface area contributed by atoms with E-state index in [1.807, 2.05) is 0 Å². The molecule has 2 rings (SSSR count). The van der Waals surface area contributed by atoms with Crippen LogP contribution in [-0.4, -0.2) is 39.0 Å². The Balaban J connectivity index is 2.04. The Kier molecular flexibility index (Phi) is 5.91. The van der Waals surface area contributed by atoms with E-state index in [-0.39, 0.29) is 16.0 Å². The van der Waals surface area contributed by atoms with Crippen LogP contribution in [0.1, 0.15) is 26.2 Å². The molecule has 0 unspecified atom stereocenters. The van der Waals surface area contributed by atoms with Crippen molar-refractivity contribution in [1.29, 1.82) is 0 Å². The van der Waals surface area contributed by atoms with Gasteiger partial charge in [-0.25, -0.2) is 13.1 Å². The van der Waals surface area contributed by atoms with Gasteiger partial charge in [-0.3, -0.25) is 0 Å². The van der Waals surface area contributed by atoms with E-state index < -0.39 is 10.0 Å². The van der Waals surface area contributed by atoms with Crippen molar-refractivity contribution in [3.8, 4) is 0 Å². The van der Waals surface area contributed by atoms with Crippen molar-refractivity contribution >= 4 is 33.2 Å². The zero-order valence-electron chi connectivity index (χ0n) is 12.0. The maximum atomic E-state index is 12.4. The fourth-order valence-electron chi connectivity index (χ4n) is 2.56. The molecule has 7 heteroatoms. The van der Waals surface area contributed by atoms with Crippen LogP contribution in [0.15, 0.2) is 23.1 Å². The van der Waals surface area contributed by atoms with Crippen molar-refractivity contribution in [2.45, 2.75) is 37.1 Å². The Bertz CT molecular complexity index is 585. The second-order valence-corrected chi connectivity index (χ2v) is 7.84. The van der Waals surface area contributed by atoms with E-state index in [1.54, 1.807) is 6.07 Å². The minimum Gasteiger partial charge on any atom is -0.303 e. The number of benzene rings is 1. The minimum absolute atomic E-state index is 0.0434. The van der Waals surface area contributed by atoms with Crippen LogP contribution < -0.4 is 4.72 Å². The van der Waals surface area contributed by atoms with Crippen LogP contribution in [-0.2, 0) is 10.0 Å². The predicted molar refractivity (Wildman–Crippen MR) is 86.5 cm³/mol. The molecular weight excluding hydrogens is 331 g/mol. The zero-order chi connectivity index (χ0) is 15.5. The Hall–Kier alpha value is -0.330. The van der Waals surface area contributed by atoms with Crippen molar-refractivity contribution < 1.29 is 8.42 Å². The number of piperidine rings is 1. The summed E-state index contributed by atoms with van der Waals surface area (Å²) in [5.74, 6) is 0. The predicted octanol–water partition coefficient (Wildman–Crippen LogP) is 3.15. The largest absolute Gasteiger partial charge is 0.303 e. The topological polar surface area (TPSA) is 49.4 Å². The number of hydrogen-bond donors (Lipinski definition) is 1. The minimum atomic E-state index is -3.63. The summed E-state index contributed by atoms with van der Waals surface area (Å²) in [4.78, 5) is 2.41. The first kappa shape index (κ1) is 17.0. The van der Waals surface area contributed by atoms with Gasteiger partial charge in [0.05, 0.1) is 5.02 Å². The monoisotopic (exact) mass is 350 g/mol. The maximum Gasteiger partial charge on any atom is 0.242 e. The van der Waals surface area contributed by atoms with Crippen LogP contribution in [0, 0.1) is 0 Å². The molecule has 0 saturated carbocycles. The summed E-state index contributed by atoms with van der Waals surface area (Å²) in [6, 6.07) is 4.42. The van der Waals surface area contributed by atoms with E-state index in [1.165, 1.54) is 12.1 Å². The first-order valence-corrected chi connectivity index (χ1v) is 9.36. The highest BCUT2D eigenvalue weighted by molar-refractivity contribution is 7.89. The first-order chi connectivity index (χ1) is 9.92. The lowest BCUT2D eigenvalue weighted by Gasteiger charge is -2.31. The highest BCUT2D eigenvalue weighted by Crippen LogP contribution is 2.25. The average Bonchev–Trinajstić information content (AvgIpc) is 2.43. The molecule has 1 aromatic rings. The normalized spacial score (nSPS) is 18.0. The lowest BCUT2D eigenvalue weighted by Crippen LogP contribution is -2.44. The Morgan fingerprint density at radius 1 is 1.29 bits per heavy atom. The second kappa shape index (κ2) is 7.29. The quantitative estimate of drug-likeness (QED) is 0.887. The molecule has 1 N–H and O–H groups in total. The molecule has 118 valence electrons. The summed E-state index contributed by atoms with van der Waals surface area (Å²) in [5, 5.41) is 0.549.